The molecule has 0 saturated heterocycles. The van der Waals surface area contributed by atoms with Gasteiger partial charge in [-0.25, -0.2) is 0 Å². The second-order valence-corrected chi connectivity index (χ2v) is 5.96. The molecule has 100 valence electrons. The van der Waals surface area contributed by atoms with Gasteiger partial charge in [-0.15, -0.1) is 11.6 Å². The lowest BCUT2D eigenvalue weighted by atomic mass is 9.80. The molecule has 1 nitrogen and oxygen atoms in total. The van der Waals surface area contributed by atoms with Gasteiger partial charge in [-0.3, -0.25) is 0 Å². The van der Waals surface area contributed by atoms with E-state index < -0.39 is 0 Å². The van der Waals surface area contributed by atoms with E-state index in [-0.39, 0.29) is 0 Å². The Kier molecular flexibility index (Phi) is 5.81. The van der Waals surface area contributed by atoms with Crippen LogP contribution < -0.4 is 5.32 Å². The van der Waals surface area contributed by atoms with Gasteiger partial charge in [0.2, 0.25) is 0 Å². The largest absolute Gasteiger partial charge is 0.312 e. The number of benzene rings is 1. The van der Waals surface area contributed by atoms with E-state index in [9.17, 15) is 0 Å². The van der Waals surface area contributed by atoms with E-state index in [1.165, 1.54) is 31.2 Å². The van der Waals surface area contributed by atoms with Crippen LogP contribution in [0.15, 0.2) is 24.3 Å². The van der Waals surface area contributed by atoms with Crippen molar-refractivity contribution in [3.63, 3.8) is 0 Å². The second-order valence-electron chi connectivity index (χ2n) is 5.22. The molecule has 2 unspecified atom stereocenters. The summed E-state index contributed by atoms with van der Waals surface area (Å²) in [5, 5.41) is 4.36. The van der Waals surface area contributed by atoms with E-state index in [2.05, 4.69) is 11.4 Å². The first-order chi connectivity index (χ1) is 8.79. The summed E-state index contributed by atoms with van der Waals surface area (Å²) in [5.41, 5.74) is 1.25. The maximum absolute atomic E-state index is 6.05. The van der Waals surface area contributed by atoms with E-state index in [0.717, 1.165) is 29.9 Å². The summed E-state index contributed by atoms with van der Waals surface area (Å²) in [4.78, 5) is 0. The van der Waals surface area contributed by atoms with Gasteiger partial charge in [0.1, 0.15) is 0 Å². The molecule has 1 saturated carbocycles. The zero-order chi connectivity index (χ0) is 12.8. The highest BCUT2D eigenvalue weighted by Crippen LogP contribution is 2.30. The van der Waals surface area contributed by atoms with Crippen molar-refractivity contribution in [2.24, 2.45) is 11.8 Å². The Balaban J connectivity index is 1.77. The lowest BCUT2D eigenvalue weighted by molar-refractivity contribution is 0.250. The summed E-state index contributed by atoms with van der Waals surface area (Å²) in [6.07, 6.45) is 5.33. The van der Waals surface area contributed by atoms with Gasteiger partial charge in [-0.2, -0.15) is 0 Å². The maximum atomic E-state index is 6.05. The Bertz CT molecular complexity index is 367. The van der Waals surface area contributed by atoms with E-state index in [4.69, 9.17) is 23.2 Å². The van der Waals surface area contributed by atoms with Crippen molar-refractivity contribution >= 4 is 23.2 Å². The Morgan fingerprint density at radius 1 is 1.17 bits per heavy atom. The first-order valence-corrected chi connectivity index (χ1v) is 7.72. The Hall–Kier alpha value is -0.240. The molecule has 1 aromatic carbocycles. The van der Waals surface area contributed by atoms with E-state index in [0.29, 0.717) is 5.92 Å². The molecule has 0 radical (unpaired) electrons. The molecule has 1 aliphatic carbocycles. The number of alkyl halides is 1. The third kappa shape index (κ3) is 4.15. The molecule has 0 aromatic heterocycles. The SMILES string of the molecule is ClCC1CCCCC1CNCc1cccc(Cl)c1. The molecule has 1 aromatic rings. The minimum atomic E-state index is 0.701. The van der Waals surface area contributed by atoms with Crippen molar-refractivity contribution < 1.29 is 0 Å². The molecule has 0 amide bonds. The Morgan fingerprint density at radius 3 is 2.67 bits per heavy atom. The summed E-state index contributed by atoms with van der Waals surface area (Å²) < 4.78 is 0. The van der Waals surface area contributed by atoms with Gasteiger partial charge in [-0.1, -0.05) is 36.6 Å². The predicted octanol–water partition coefficient (Wildman–Crippen LogP) is 4.47. The number of hydrogen-bond acceptors (Lipinski definition) is 1. The average Bonchev–Trinajstić information content (AvgIpc) is 2.39. The highest BCUT2D eigenvalue weighted by molar-refractivity contribution is 6.30. The first-order valence-electron chi connectivity index (χ1n) is 6.80. The molecule has 0 heterocycles. The van der Waals surface area contributed by atoms with Crippen molar-refractivity contribution in [3.8, 4) is 0 Å². The topological polar surface area (TPSA) is 12.0 Å². The molecule has 0 spiro atoms. The van der Waals surface area contributed by atoms with E-state index in [1.807, 2.05) is 18.2 Å². The predicted molar refractivity (Wildman–Crippen MR) is 79.3 cm³/mol. The van der Waals surface area contributed by atoms with Crippen LogP contribution in [0.25, 0.3) is 0 Å². The summed E-state index contributed by atoms with van der Waals surface area (Å²) in [6, 6.07) is 8.05. The summed E-state index contributed by atoms with van der Waals surface area (Å²) >= 11 is 12.0. The highest BCUT2D eigenvalue weighted by Gasteiger charge is 2.23. The first kappa shape index (κ1) is 14.2. The van der Waals surface area contributed by atoms with Crippen LogP contribution in [0.2, 0.25) is 5.02 Å². The Morgan fingerprint density at radius 2 is 1.94 bits per heavy atom. The smallest absolute Gasteiger partial charge is 0.0409 e. The molecule has 2 atom stereocenters. The lowest BCUT2D eigenvalue weighted by Crippen LogP contribution is -2.31. The van der Waals surface area contributed by atoms with Gasteiger partial charge in [0.05, 0.1) is 0 Å². The minimum Gasteiger partial charge on any atom is -0.312 e. The number of nitrogens with one attached hydrogen (secondary N) is 1. The highest BCUT2D eigenvalue weighted by atomic mass is 35.5. The fraction of sp³-hybridized carbons (Fsp3) is 0.600. The van der Waals surface area contributed by atoms with Crippen LogP contribution in [0.5, 0.6) is 0 Å². The van der Waals surface area contributed by atoms with Crippen molar-refractivity contribution in [2.45, 2.75) is 32.2 Å². The fourth-order valence-electron chi connectivity index (χ4n) is 2.81. The van der Waals surface area contributed by atoms with Gasteiger partial charge in [0.25, 0.3) is 0 Å². The summed E-state index contributed by atoms with van der Waals surface area (Å²) in [5.74, 6) is 2.26. The lowest BCUT2D eigenvalue weighted by Gasteiger charge is -2.30. The van der Waals surface area contributed by atoms with Crippen LogP contribution >= 0.6 is 23.2 Å². The molecule has 1 N–H and O–H groups in total. The standard InChI is InChI=1S/C15H21Cl2N/c16-9-13-5-1-2-6-14(13)11-18-10-12-4-3-7-15(17)8-12/h3-4,7-8,13-14,18H,1-2,5-6,9-11H2. The summed E-state index contributed by atoms with van der Waals surface area (Å²) in [6.45, 7) is 1.97. The van der Waals surface area contributed by atoms with Gasteiger partial charge < -0.3 is 5.32 Å². The quantitative estimate of drug-likeness (QED) is 0.787. The number of rotatable bonds is 5. The van der Waals surface area contributed by atoms with Crippen LogP contribution in [-0.2, 0) is 6.54 Å². The molecule has 0 bridgehead atoms. The third-order valence-corrected chi connectivity index (χ3v) is 4.52. The van der Waals surface area contributed by atoms with Crippen molar-refractivity contribution in [3.05, 3.63) is 34.9 Å². The van der Waals surface area contributed by atoms with Gasteiger partial charge >= 0.3 is 0 Å². The minimum absolute atomic E-state index is 0.701. The second kappa shape index (κ2) is 7.37. The number of halogens is 2. The van der Waals surface area contributed by atoms with Crippen LogP contribution in [-0.4, -0.2) is 12.4 Å². The monoisotopic (exact) mass is 285 g/mol. The average molecular weight is 286 g/mol. The van der Waals surface area contributed by atoms with E-state index in [1.54, 1.807) is 0 Å². The van der Waals surface area contributed by atoms with Gasteiger partial charge in [0, 0.05) is 17.4 Å². The van der Waals surface area contributed by atoms with Crippen molar-refractivity contribution in [1.29, 1.82) is 0 Å². The van der Waals surface area contributed by atoms with Crippen LogP contribution in [0.3, 0.4) is 0 Å². The molecule has 18 heavy (non-hydrogen) atoms. The van der Waals surface area contributed by atoms with Crippen molar-refractivity contribution in [1.82, 2.24) is 5.32 Å². The fourth-order valence-corrected chi connectivity index (χ4v) is 3.42. The Labute approximate surface area is 120 Å². The third-order valence-electron chi connectivity index (χ3n) is 3.89. The molecule has 1 aliphatic rings. The molecule has 3 heteroatoms. The molecular formula is C15H21Cl2N. The summed E-state index contributed by atoms with van der Waals surface area (Å²) in [7, 11) is 0. The molecule has 0 aliphatic heterocycles. The molecule has 2 rings (SSSR count). The van der Waals surface area contributed by atoms with Crippen LogP contribution in [0.4, 0.5) is 0 Å². The zero-order valence-corrected chi connectivity index (χ0v) is 12.2. The van der Waals surface area contributed by atoms with Crippen molar-refractivity contribution in [2.75, 3.05) is 12.4 Å². The van der Waals surface area contributed by atoms with Crippen LogP contribution in [0, 0.1) is 11.8 Å². The maximum Gasteiger partial charge on any atom is 0.0409 e. The van der Waals surface area contributed by atoms with Crippen LogP contribution in [0.1, 0.15) is 31.2 Å². The zero-order valence-electron chi connectivity index (χ0n) is 10.7. The van der Waals surface area contributed by atoms with Gasteiger partial charge in [-0.05, 0) is 48.9 Å². The molecule has 1 fully saturated rings. The number of hydrogen-bond donors (Lipinski definition) is 1. The normalized spacial score (nSPS) is 24.1. The van der Waals surface area contributed by atoms with E-state index >= 15 is 0 Å². The molecular weight excluding hydrogens is 265 g/mol. The van der Waals surface area contributed by atoms with Gasteiger partial charge in [0.15, 0.2) is 0 Å².